The average molecular weight is 431 g/mol. The fourth-order valence-corrected chi connectivity index (χ4v) is 4.94. The van der Waals surface area contributed by atoms with Crippen LogP contribution in [0.2, 0.25) is 0 Å². The molecule has 8 heteroatoms. The smallest absolute Gasteiger partial charge is 0.225 e. The molecule has 0 radical (unpaired) electrons. The first-order chi connectivity index (χ1) is 14.2. The lowest BCUT2D eigenvalue weighted by atomic mass is 10.1. The number of fused-ring (bicyclic) bond motifs is 1. The maximum atomic E-state index is 12.7. The fourth-order valence-electron chi connectivity index (χ4n) is 3.65. The van der Waals surface area contributed by atoms with E-state index in [0.29, 0.717) is 24.5 Å². The first kappa shape index (κ1) is 21.8. The zero-order chi connectivity index (χ0) is 21.9. The van der Waals surface area contributed by atoms with Crippen LogP contribution in [0.1, 0.15) is 32.8 Å². The summed E-state index contributed by atoms with van der Waals surface area (Å²) in [7, 11) is -3.62. The Balaban J connectivity index is 1.63. The van der Waals surface area contributed by atoms with Gasteiger partial charge in [0, 0.05) is 30.8 Å². The molecule has 0 saturated heterocycles. The van der Waals surface area contributed by atoms with Gasteiger partial charge >= 0.3 is 0 Å². The molecule has 0 bridgehead atoms. The highest BCUT2D eigenvalue weighted by atomic mass is 32.2. The number of carbonyl (C=O) groups excluding carboxylic acids is 2. The third-order valence-electron chi connectivity index (χ3n) is 5.01. The molecule has 1 aliphatic rings. The van der Waals surface area contributed by atoms with E-state index in [1.54, 1.807) is 41.3 Å². The molecule has 1 aliphatic heterocycles. The van der Waals surface area contributed by atoms with E-state index >= 15 is 0 Å². The van der Waals surface area contributed by atoms with Gasteiger partial charge in [0.2, 0.25) is 11.8 Å². The van der Waals surface area contributed by atoms with Gasteiger partial charge in [0.05, 0.1) is 17.3 Å². The van der Waals surface area contributed by atoms with Gasteiger partial charge in [0.15, 0.2) is 9.84 Å². The third-order valence-corrected chi connectivity index (χ3v) is 6.73. The summed E-state index contributed by atoms with van der Waals surface area (Å²) in [6.45, 7) is 5.87. The average Bonchev–Trinajstić information content (AvgIpc) is 3.03. The molecule has 0 aromatic heterocycles. The van der Waals surface area contributed by atoms with E-state index in [1.807, 2.05) is 13.8 Å². The van der Waals surface area contributed by atoms with Crippen LogP contribution in [0.3, 0.4) is 0 Å². The second-order valence-corrected chi connectivity index (χ2v) is 9.42. The summed E-state index contributed by atoms with van der Waals surface area (Å²) < 4.78 is 30.8. The van der Waals surface area contributed by atoms with Crippen LogP contribution in [0.5, 0.6) is 5.75 Å². The molecular formula is C22H26N2O5S. The predicted octanol–water partition coefficient (Wildman–Crippen LogP) is 3.19. The summed E-state index contributed by atoms with van der Waals surface area (Å²) in [6.07, 6.45) is 0.457. The lowest BCUT2D eigenvalue weighted by Crippen LogP contribution is -2.33. The number of sulfone groups is 1. The molecule has 0 fully saturated rings. The number of nitrogens with zero attached hydrogens (tertiary/aromatic N) is 1. The topological polar surface area (TPSA) is 92.8 Å². The minimum atomic E-state index is -3.62. The molecule has 3 rings (SSSR count). The predicted molar refractivity (Wildman–Crippen MR) is 116 cm³/mol. The van der Waals surface area contributed by atoms with Crippen molar-refractivity contribution < 1.29 is 22.7 Å². The van der Waals surface area contributed by atoms with Gasteiger partial charge in [-0.2, -0.15) is 0 Å². The minimum absolute atomic E-state index is 0.00431. The molecule has 1 unspecified atom stereocenters. The van der Waals surface area contributed by atoms with Crippen LogP contribution < -0.4 is 15.0 Å². The van der Waals surface area contributed by atoms with Crippen molar-refractivity contribution in [2.24, 2.45) is 0 Å². The van der Waals surface area contributed by atoms with E-state index in [4.69, 9.17) is 4.74 Å². The lowest BCUT2D eigenvalue weighted by molar-refractivity contribution is -0.117. The molecule has 2 aromatic rings. The minimum Gasteiger partial charge on any atom is -0.494 e. The van der Waals surface area contributed by atoms with Gasteiger partial charge in [-0.1, -0.05) is 0 Å². The van der Waals surface area contributed by atoms with Crippen LogP contribution in [0.25, 0.3) is 0 Å². The molecule has 0 spiro atoms. The van der Waals surface area contributed by atoms with E-state index in [9.17, 15) is 18.0 Å². The van der Waals surface area contributed by atoms with Crippen molar-refractivity contribution in [3.8, 4) is 5.75 Å². The van der Waals surface area contributed by atoms with E-state index in [2.05, 4.69) is 5.32 Å². The van der Waals surface area contributed by atoms with E-state index in [-0.39, 0.29) is 34.9 Å². The third kappa shape index (κ3) is 4.81. The Bertz CT molecular complexity index is 1050. The number of amides is 2. The van der Waals surface area contributed by atoms with Crippen LogP contribution in [0.4, 0.5) is 11.4 Å². The Hall–Kier alpha value is -2.87. The first-order valence-corrected chi connectivity index (χ1v) is 11.5. The molecular weight excluding hydrogens is 404 g/mol. The largest absolute Gasteiger partial charge is 0.494 e. The number of benzene rings is 2. The number of hydrogen-bond donors (Lipinski definition) is 1. The van der Waals surface area contributed by atoms with Crippen molar-refractivity contribution in [2.75, 3.05) is 22.6 Å². The maximum Gasteiger partial charge on any atom is 0.225 e. The van der Waals surface area contributed by atoms with Gasteiger partial charge in [-0.15, -0.1) is 0 Å². The Morgan fingerprint density at radius 1 is 1.17 bits per heavy atom. The number of nitrogens with one attached hydrogen (secondary N) is 1. The number of carbonyl (C=O) groups is 2. The number of rotatable bonds is 7. The number of ether oxygens (including phenoxy) is 1. The maximum absolute atomic E-state index is 12.7. The summed E-state index contributed by atoms with van der Waals surface area (Å²) in [5.74, 6) is -0.0314. The fraction of sp³-hybridized carbons (Fsp3) is 0.364. The second-order valence-electron chi connectivity index (χ2n) is 7.31. The Morgan fingerprint density at radius 3 is 2.50 bits per heavy atom. The summed E-state index contributed by atoms with van der Waals surface area (Å²) in [5, 5.41) is 2.70. The monoisotopic (exact) mass is 430 g/mol. The SMILES string of the molecule is CCOc1ccc(NC(=O)CCS(=O)(=O)c2ccc3c(c2)CC(C)N3C(C)=O)cc1. The highest BCUT2D eigenvalue weighted by molar-refractivity contribution is 7.91. The van der Waals surface area contributed by atoms with Crippen molar-refractivity contribution in [3.05, 3.63) is 48.0 Å². The summed E-state index contributed by atoms with van der Waals surface area (Å²) in [5.41, 5.74) is 2.16. The van der Waals surface area contributed by atoms with Crippen molar-refractivity contribution in [3.63, 3.8) is 0 Å². The van der Waals surface area contributed by atoms with Gasteiger partial charge < -0.3 is 15.0 Å². The van der Waals surface area contributed by atoms with Crippen LogP contribution in [0, 0.1) is 0 Å². The summed E-state index contributed by atoms with van der Waals surface area (Å²) in [4.78, 5) is 25.9. The molecule has 2 amide bonds. The molecule has 160 valence electrons. The van der Waals surface area contributed by atoms with Crippen LogP contribution in [0.15, 0.2) is 47.4 Å². The van der Waals surface area contributed by atoms with E-state index in [1.165, 1.54) is 13.0 Å². The van der Waals surface area contributed by atoms with Gasteiger partial charge in [-0.3, -0.25) is 9.59 Å². The molecule has 1 heterocycles. The standard InChI is InChI=1S/C22H26N2O5S/c1-4-29-19-7-5-18(6-8-19)23-22(26)11-12-30(27,28)20-9-10-21-17(14-20)13-15(2)24(21)16(3)25/h5-10,14-15H,4,11-13H2,1-3H3,(H,23,26). The molecule has 1 N–H and O–H groups in total. The van der Waals surface area contributed by atoms with Crippen LogP contribution >= 0.6 is 0 Å². The Morgan fingerprint density at radius 2 is 1.87 bits per heavy atom. The number of hydrogen-bond acceptors (Lipinski definition) is 5. The Kier molecular flexibility index (Phi) is 6.45. The zero-order valence-electron chi connectivity index (χ0n) is 17.3. The molecule has 0 aliphatic carbocycles. The highest BCUT2D eigenvalue weighted by Crippen LogP contribution is 2.34. The van der Waals surface area contributed by atoms with Crippen molar-refractivity contribution >= 4 is 33.0 Å². The molecule has 2 aromatic carbocycles. The van der Waals surface area contributed by atoms with Gasteiger partial charge in [0.25, 0.3) is 0 Å². The van der Waals surface area contributed by atoms with Crippen LogP contribution in [-0.2, 0) is 25.8 Å². The number of anilines is 2. The summed E-state index contributed by atoms with van der Waals surface area (Å²) >= 11 is 0. The van der Waals surface area contributed by atoms with Gasteiger partial charge in [-0.05, 0) is 68.3 Å². The normalized spacial score (nSPS) is 15.6. The molecule has 1 atom stereocenters. The van der Waals surface area contributed by atoms with Crippen molar-refractivity contribution in [2.45, 2.75) is 44.6 Å². The molecule has 0 saturated carbocycles. The molecule has 30 heavy (non-hydrogen) atoms. The molecule has 7 nitrogen and oxygen atoms in total. The highest BCUT2D eigenvalue weighted by Gasteiger charge is 2.30. The quantitative estimate of drug-likeness (QED) is 0.728. The summed E-state index contributed by atoms with van der Waals surface area (Å²) in [6, 6.07) is 11.7. The van der Waals surface area contributed by atoms with Gasteiger partial charge in [0.1, 0.15) is 5.75 Å². The van der Waals surface area contributed by atoms with Crippen LogP contribution in [-0.4, -0.2) is 38.6 Å². The van der Waals surface area contributed by atoms with Gasteiger partial charge in [-0.25, -0.2) is 8.42 Å². The van der Waals surface area contributed by atoms with Crippen molar-refractivity contribution in [1.29, 1.82) is 0 Å². The lowest BCUT2D eigenvalue weighted by Gasteiger charge is -2.20. The Labute approximate surface area is 177 Å². The first-order valence-electron chi connectivity index (χ1n) is 9.89. The van der Waals surface area contributed by atoms with E-state index < -0.39 is 9.84 Å². The van der Waals surface area contributed by atoms with Crippen molar-refractivity contribution in [1.82, 2.24) is 0 Å². The second kappa shape index (κ2) is 8.87. The van der Waals surface area contributed by atoms with E-state index in [0.717, 1.165) is 11.3 Å². The zero-order valence-corrected chi connectivity index (χ0v) is 18.2.